The van der Waals surface area contributed by atoms with E-state index in [9.17, 15) is 9.59 Å². The van der Waals surface area contributed by atoms with Crippen LogP contribution in [0.1, 0.15) is 25.1 Å². The second-order valence-corrected chi connectivity index (χ2v) is 9.50. The van der Waals surface area contributed by atoms with Crippen LogP contribution in [0, 0.1) is 6.92 Å². The number of aryl methyl sites for hydroxylation is 1. The number of ether oxygens (including phenoxy) is 1. The Morgan fingerprint density at radius 2 is 1.97 bits per heavy atom. The first-order valence-electron chi connectivity index (χ1n) is 10.6. The van der Waals surface area contributed by atoms with Crippen molar-refractivity contribution in [2.24, 2.45) is 0 Å². The smallest absolute Gasteiger partial charge is 0.246 e. The SMILES string of the molecule is Cc1nc2c(OCc3c(Cl)ccc(N(C)C(=O)CNC(=O)CNC(C)C)c3Cl)cccn2c1Br. The fourth-order valence-electron chi connectivity index (χ4n) is 3.15. The van der Waals surface area contributed by atoms with Crippen molar-refractivity contribution in [2.45, 2.75) is 33.4 Å². The molecule has 2 heterocycles. The Kier molecular flexibility index (Phi) is 8.81. The lowest BCUT2D eigenvalue weighted by Gasteiger charge is -2.21. The van der Waals surface area contributed by atoms with Crippen LogP contribution in [0.25, 0.3) is 5.65 Å². The number of rotatable bonds is 9. The van der Waals surface area contributed by atoms with Gasteiger partial charge in [-0.2, -0.15) is 0 Å². The molecule has 0 aliphatic heterocycles. The molecule has 8 nitrogen and oxygen atoms in total. The molecule has 34 heavy (non-hydrogen) atoms. The fraction of sp³-hybridized carbons (Fsp3) is 0.348. The van der Waals surface area contributed by atoms with E-state index in [1.165, 1.54) is 4.90 Å². The first kappa shape index (κ1) is 26.3. The van der Waals surface area contributed by atoms with Crippen LogP contribution in [0.4, 0.5) is 5.69 Å². The van der Waals surface area contributed by atoms with Gasteiger partial charge < -0.3 is 20.3 Å². The van der Waals surface area contributed by atoms with E-state index >= 15 is 0 Å². The number of hydrogen-bond donors (Lipinski definition) is 2. The van der Waals surface area contributed by atoms with Crippen molar-refractivity contribution >= 4 is 62.3 Å². The summed E-state index contributed by atoms with van der Waals surface area (Å²) in [6.45, 7) is 5.83. The van der Waals surface area contributed by atoms with Gasteiger partial charge in [-0.15, -0.1) is 0 Å². The molecular weight excluding hydrogens is 545 g/mol. The van der Waals surface area contributed by atoms with Gasteiger partial charge in [0.2, 0.25) is 11.8 Å². The molecule has 3 rings (SSSR count). The van der Waals surface area contributed by atoms with Gasteiger partial charge in [0.25, 0.3) is 0 Å². The van der Waals surface area contributed by atoms with E-state index < -0.39 is 0 Å². The van der Waals surface area contributed by atoms with Crippen LogP contribution < -0.4 is 20.3 Å². The highest BCUT2D eigenvalue weighted by Crippen LogP contribution is 2.35. The number of fused-ring (bicyclic) bond motifs is 1. The molecule has 2 amide bonds. The molecule has 0 unspecified atom stereocenters. The first-order chi connectivity index (χ1) is 16.1. The number of imidazole rings is 1. The highest BCUT2D eigenvalue weighted by atomic mass is 79.9. The van der Waals surface area contributed by atoms with Crippen molar-refractivity contribution in [3.8, 4) is 5.75 Å². The lowest BCUT2D eigenvalue weighted by molar-refractivity contribution is -0.124. The molecule has 2 N–H and O–H groups in total. The van der Waals surface area contributed by atoms with Gasteiger partial charge in [-0.05, 0) is 47.1 Å². The highest BCUT2D eigenvalue weighted by molar-refractivity contribution is 9.10. The van der Waals surface area contributed by atoms with Gasteiger partial charge in [-0.1, -0.05) is 37.0 Å². The Balaban J connectivity index is 1.73. The van der Waals surface area contributed by atoms with Gasteiger partial charge in [-0.25, -0.2) is 4.98 Å². The van der Waals surface area contributed by atoms with Crippen LogP contribution in [0.2, 0.25) is 10.0 Å². The number of anilines is 1. The number of likely N-dealkylation sites (N-methyl/N-ethyl adjacent to an activating group) is 1. The van der Waals surface area contributed by atoms with E-state index in [1.54, 1.807) is 19.2 Å². The number of nitrogens with one attached hydrogen (secondary N) is 2. The van der Waals surface area contributed by atoms with Gasteiger partial charge in [0.15, 0.2) is 11.4 Å². The molecular formula is C23H26BrCl2N5O3. The summed E-state index contributed by atoms with van der Waals surface area (Å²) in [6.07, 6.45) is 1.88. The van der Waals surface area contributed by atoms with Crippen molar-refractivity contribution < 1.29 is 14.3 Å². The van der Waals surface area contributed by atoms with Gasteiger partial charge in [0, 0.05) is 29.9 Å². The average molecular weight is 571 g/mol. The maximum absolute atomic E-state index is 12.6. The molecule has 1 aromatic carbocycles. The molecule has 3 aromatic rings. The van der Waals surface area contributed by atoms with Crippen molar-refractivity contribution in [1.29, 1.82) is 0 Å². The zero-order valence-electron chi connectivity index (χ0n) is 19.3. The Labute approximate surface area is 216 Å². The molecule has 0 saturated heterocycles. The van der Waals surface area contributed by atoms with Crippen molar-refractivity contribution in [2.75, 3.05) is 25.0 Å². The average Bonchev–Trinajstić information content (AvgIpc) is 3.09. The maximum atomic E-state index is 12.6. The van der Waals surface area contributed by atoms with Crippen LogP contribution in [0.3, 0.4) is 0 Å². The third-order valence-electron chi connectivity index (χ3n) is 5.10. The van der Waals surface area contributed by atoms with E-state index in [-0.39, 0.29) is 37.6 Å². The minimum absolute atomic E-state index is 0.0777. The Bertz CT molecular complexity index is 1220. The van der Waals surface area contributed by atoms with E-state index in [0.29, 0.717) is 32.7 Å². The first-order valence-corrected chi connectivity index (χ1v) is 12.1. The molecule has 11 heteroatoms. The summed E-state index contributed by atoms with van der Waals surface area (Å²) in [5, 5.41) is 6.31. The molecule has 0 saturated carbocycles. The zero-order chi connectivity index (χ0) is 25.0. The van der Waals surface area contributed by atoms with Gasteiger partial charge in [0.1, 0.15) is 11.2 Å². The molecule has 0 fully saturated rings. The Hall–Kier alpha value is -2.33. The summed E-state index contributed by atoms with van der Waals surface area (Å²) in [4.78, 5) is 30.5. The van der Waals surface area contributed by atoms with Gasteiger partial charge >= 0.3 is 0 Å². The maximum Gasteiger partial charge on any atom is 0.246 e. The monoisotopic (exact) mass is 569 g/mol. The van der Waals surface area contributed by atoms with Crippen LogP contribution >= 0.6 is 39.1 Å². The largest absolute Gasteiger partial charge is 0.485 e. The van der Waals surface area contributed by atoms with E-state index in [2.05, 4.69) is 31.5 Å². The number of hydrogen-bond acceptors (Lipinski definition) is 5. The number of halogens is 3. The zero-order valence-corrected chi connectivity index (χ0v) is 22.4. The van der Waals surface area contributed by atoms with Gasteiger partial charge in [-0.3, -0.25) is 14.0 Å². The number of benzene rings is 1. The third-order valence-corrected chi connectivity index (χ3v) is 6.83. The quantitative estimate of drug-likeness (QED) is 0.399. The molecule has 0 aliphatic carbocycles. The fourth-order valence-corrected chi connectivity index (χ4v) is 4.13. The van der Waals surface area contributed by atoms with Crippen LogP contribution in [-0.2, 0) is 16.2 Å². The number of pyridine rings is 1. The number of amides is 2. The molecule has 0 bridgehead atoms. The summed E-state index contributed by atoms with van der Waals surface area (Å²) >= 11 is 16.5. The number of nitrogens with zero attached hydrogens (tertiary/aromatic N) is 3. The third kappa shape index (κ3) is 6.02. The highest BCUT2D eigenvalue weighted by Gasteiger charge is 2.20. The Morgan fingerprint density at radius 3 is 2.68 bits per heavy atom. The topological polar surface area (TPSA) is 88.0 Å². The molecule has 0 radical (unpaired) electrons. The van der Waals surface area contributed by atoms with Crippen LogP contribution in [0.5, 0.6) is 5.75 Å². The predicted octanol–water partition coefficient (Wildman–Crippen LogP) is 4.37. The lowest BCUT2D eigenvalue weighted by Crippen LogP contribution is -2.42. The second-order valence-electron chi connectivity index (χ2n) is 7.97. The predicted molar refractivity (Wildman–Crippen MR) is 138 cm³/mol. The summed E-state index contributed by atoms with van der Waals surface area (Å²) in [7, 11) is 1.59. The molecule has 182 valence electrons. The minimum atomic E-state index is -0.323. The standard InChI is InChI=1S/C23H26BrCl2N5O3/c1-13(2)27-10-19(32)28-11-20(33)30(4)17-8-7-16(25)15(21(17)26)12-34-18-6-5-9-31-22(24)14(3)29-23(18)31/h5-9,13,27H,10-12H2,1-4H3,(H,28,32). The molecule has 0 aliphatic rings. The molecule has 2 aromatic heterocycles. The summed E-state index contributed by atoms with van der Waals surface area (Å²) in [6, 6.07) is 7.15. The second kappa shape index (κ2) is 11.4. The van der Waals surface area contributed by atoms with Crippen molar-refractivity contribution in [1.82, 2.24) is 20.0 Å². The van der Waals surface area contributed by atoms with Crippen molar-refractivity contribution in [3.63, 3.8) is 0 Å². The molecule has 0 atom stereocenters. The van der Waals surface area contributed by atoms with E-state index in [0.717, 1.165) is 10.3 Å². The van der Waals surface area contributed by atoms with Gasteiger partial charge in [0.05, 0.1) is 29.5 Å². The van der Waals surface area contributed by atoms with E-state index in [4.69, 9.17) is 27.9 Å². The lowest BCUT2D eigenvalue weighted by atomic mass is 10.2. The van der Waals surface area contributed by atoms with Crippen molar-refractivity contribution in [3.05, 3.63) is 56.4 Å². The van der Waals surface area contributed by atoms with Crippen LogP contribution in [-0.4, -0.2) is 47.4 Å². The Morgan fingerprint density at radius 1 is 1.24 bits per heavy atom. The molecule has 0 spiro atoms. The van der Waals surface area contributed by atoms with E-state index in [1.807, 2.05) is 43.5 Å². The summed E-state index contributed by atoms with van der Waals surface area (Å²) in [5.74, 6) is -0.0192. The summed E-state index contributed by atoms with van der Waals surface area (Å²) in [5.41, 5.74) is 2.49. The summed E-state index contributed by atoms with van der Waals surface area (Å²) < 4.78 is 8.74. The number of carbonyl (C=O) groups excluding carboxylic acids is 2. The minimum Gasteiger partial charge on any atom is -0.485 e. The number of aromatic nitrogens is 2. The van der Waals surface area contributed by atoms with Crippen LogP contribution in [0.15, 0.2) is 35.1 Å². The normalized spacial score (nSPS) is 11.2. The number of carbonyl (C=O) groups is 2.